The monoisotopic (exact) mass is 377 g/mol. The summed E-state index contributed by atoms with van der Waals surface area (Å²) < 4.78 is 38.2. The number of nitrogens with one attached hydrogen (secondary N) is 2. The van der Waals surface area contributed by atoms with Gasteiger partial charge in [-0.3, -0.25) is 0 Å². The molecule has 0 saturated heterocycles. The molecule has 8 heteroatoms. The Hall–Kier alpha value is -3.16. The lowest BCUT2D eigenvalue weighted by Crippen LogP contribution is -2.26. The van der Waals surface area contributed by atoms with Crippen LogP contribution in [0, 0.1) is 6.92 Å². The second kappa shape index (κ2) is 7.22. The maximum atomic E-state index is 12.7. The molecule has 1 aliphatic rings. The smallest absolute Gasteiger partial charge is 0.387 e. The predicted molar refractivity (Wildman–Crippen MR) is 97.4 cm³/mol. The van der Waals surface area contributed by atoms with Crippen molar-refractivity contribution in [2.45, 2.75) is 26.1 Å². The van der Waals surface area contributed by atoms with Crippen LogP contribution in [-0.2, 0) is 11.0 Å². The van der Waals surface area contributed by atoms with Gasteiger partial charge in [-0.25, -0.2) is 9.86 Å². The van der Waals surface area contributed by atoms with Crippen LogP contribution in [0.2, 0.25) is 0 Å². The van der Waals surface area contributed by atoms with Gasteiger partial charge in [0.05, 0.1) is 17.3 Å². The zero-order valence-corrected chi connectivity index (χ0v) is 14.7. The Bertz CT molecular complexity index is 881. The van der Waals surface area contributed by atoms with Crippen LogP contribution in [0.5, 0.6) is 0 Å². The molecule has 1 aliphatic heterocycles. The number of carbonyl (C=O) groups is 1. The topological polar surface area (TPSA) is 53.6 Å². The molecule has 142 valence electrons. The number of carbonyl (C=O) groups excluding carboxylic acids is 1. The summed E-state index contributed by atoms with van der Waals surface area (Å²) in [5.74, 6) is 0. The van der Waals surface area contributed by atoms with E-state index in [2.05, 4.69) is 10.6 Å². The first kappa shape index (κ1) is 18.6. The summed E-state index contributed by atoms with van der Waals surface area (Å²) in [5.41, 5.74) is 1.48. The van der Waals surface area contributed by atoms with Gasteiger partial charge in [0, 0.05) is 11.4 Å². The predicted octanol–water partition coefficient (Wildman–Crippen LogP) is 5.31. The van der Waals surface area contributed by atoms with Gasteiger partial charge in [-0.15, -0.1) is 0 Å². The average molecular weight is 377 g/mol. The third-order valence-electron chi connectivity index (χ3n) is 4.04. The molecule has 1 heterocycles. The van der Waals surface area contributed by atoms with E-state index in [1.54, 1.807) is 29.5 Å². The van der Waals surface area contributed by atoms with Crippen molar-refractivity contribution in [1.82, 2.24) is 0 Å². The van der Waals surface area contributed by atoms with Gasteiger partial charge in [0.25, 0.3) is 0 Å². The number of alkyl halides is 3. The van der Waals surface area contributed by atoms with Crippen molar-refractivity contribution in [2.75, 3.05) is 15.7 Å². The van der Waals surface area contributed by atoms with Gasteiger partial charge in [0.1, 0.15) is 6.26 Å². The van der Waals surface area contributed by atoms with Gasteiger partial charge >= 0.3 is 12.2 Å². The lowest BCUT2D eigenvalue weighted by atomic mass is 10.1. The number of amides is 2. The van der Waals surface area contributed by atoms with Crippen LogP contribution in [0.1, 0.15) is 18.1 Å². The summed E-state index contributed by atoms with van der Waals surface area (Å²) in [6, 6.07) is 9.18. The number of halogens is 3. The van der Waals surface area contributed by atoms with Gasteiger partial charge in [0.15, 0.2) is 0 Å². The fourth-order valence-electron chi connectivity index (χ4n) is 2.71. The van der Waals surface area contributed by atoms with Gasteiger partial charge in [-0.1, -0.05) is 6.07 Å². The fourth-order valence-corrected chi connectivity index (χ4v) is 2.71. The quantitative estimate of drug-likeness (QED) is 0.762. The molecule has 5 nitrogen and oxygen atoms in total. The number of hydroxylamine groups is 1. The summed E-state index contributed by atoms with van der Waals surface area (Å²) in [5, 5.41) is 6.75. The Morgan fingerprint density at radius 1 is 1.11 bits per heavy atom. The van der Waals surface area contributed by atoms with Crippen molar-refractivity contribution >= 4 is 23.1 Å². The highest BCUT2D eigenvalue weighted by Crippen LogP contribution is 2.31. The van der Waals surface area contributed by atoms with Crippen LogP contribution < -0.4 is 15.7 Å². The zero-order valence-electron chi connectivity index (χ0n) is 14.7. The third-order valence-corrected chi connectivity index (χ3v) is 4.04. The summed E-state index contributed by atoms with van der Waals surface area (Å²) in [6.07, 6.45) is -0.947. The molecule has 2 aromatic carbocycles. The molecule has 2 amide bonds. The van der Waals surface area contributed by atoms with Crippen molar-refractivity contribution in [2.24, 2.45) is 0 Å². The average Bonchev–Trinajstić information content (AvgIpc) is 3.00. The van der Waals surface area contributed by atoms with Gasteiger partial charge < -0.3 is 15.5 Å². The molecule has 0 bridgehead atoms. The molecular weight excluding hydrogens is 359 g/mol. The van der Waals surface area contributed by atoms with Crippen LogP contribution in [0.3, 0.4) is 0 Å². The Kier molecular flexibility index (Phi) is 4.98. The first-order chi connectivity index (χ1) is 12.7. The van der Waals surface area contributed by atoms with E-state index in [1.807, 2.05) is 19.9 Å². The van der Waals surface area contributed by atoms with E-state index in [0.717, 1.165) is 23.4 Å². The number of hydrogen-bond acceptors (Lipinski definition) is 3. The molecule has 0 spiro atoms. The Balaban J connectivity index is 1.67. The highest BCUT2D eigenvalue weighted by atomic mass is 19.4. The van der Waals surface area contributed by atoms with Crippen LogP contribution in [0.4, 0.5) is 35.0 Å². The molecule has 0 aromatic heterocycles. The number of aryl methyl sites for hydroxylation is 1. The number of anilines is 3. The van der Waals surface area contributed by atoms with E-state index < -0.39 is 17.8 Å². The van der Waals surface area contributed by atoms with Crippen LogP contribution in [-0.4, -0.2) is 12.1 Å². The molecule has 2 aromatic rings. The molecule has 0 aliphatic carbocycles. The number of urea groups is 1. The maximum absolute atomic E-state index is 12.7. The number of rotatable bonds is 3. The summed E-state index contributed by atoms with van der Waals surface area (Å²) >= 11 is 0. The van der Waals surface area contributed by atoms with E-state index in [4.69, 9.17) is 4.84 Å². The number of hydrogen-bond donors (Lipinski definition) is 2. The van der Waals surface area contributed by atoms with E-state index >= 15 is 0 Å². The molecule has 0 fully saturated rings. The normalized spacial score (nSPS) is 16.2. The molecule has 27 heavy (non-hydrogen) atoms. The lowest BCUT2D eigenvalue weighted by molar-refractivity contribution is -0.137. The Morgan fingerprint density at radius 3 is 2.41 bits per heavy atom. The minimum absolute atomic E-state index is 0.0565. The van der Waals surface area contributed by atoms with E-state index in [1.165, 1.54) is 12.1 Å². The van der Waals surface area contributed by atoms with Crippen molar-refractivity contribution < 1.29 is 22.8 Å². The maximum Gasteiger partial charge on any atom is 0.416 e. The third kappa shape index (κ3) is 4.33. The van der Waals surface area contributed by atoms with Crippen molar-refractivity contribution in [3.05, 3.63) is 65.9 Å². The van der Waals surface area contributed by atoms with E-state index in [9.17, 15) is 18.0 Å². The first-order valence-corrected chi connectivity index (χ1v) is 8.22. The standard InChI is InChI=1S/C19H18F3N3O2/c1-12-10-16(6-7-17(12)25-13(2)8-9-27-25)24-18(26)23-15-5-3-4-14(11-15)19(20,21)22/h3-11,13H,1-2H3,(H2,23,24,26). The highest BCUT2D eigenvalue weighted by molar-refractivity contribution is 6.00. The summed E-state index contributed by atoms with van der Waals surface area (Å²) in [6.45, 7) is 3.86. The molecule has 0 saturated carbocycles. The first-order valence-electron chi connectivity index (χ1n) is 8.22. The minimum atomic E-state index is -4.47. The molecule has 1 atom stereocenters. The second-order valence-corrected chi connectivity index (χ2v) is 6.16. The molecule has 3 rings (SSSR count). The zero-order chi connectivity index (χ0) is 19.6. The second-order valence-electron chi connectivity index (χ2n) is 6.16. The van der Waals surface area contributed by atoms with Crippen molar-refractivity contribution in [1.29, 1.82) is 0 Å². The SMILES string of the molecule is Cc1cc(NC(=O)Nc2cccc(C(F)(F)F)c2)ccc1N1OC=CC1C. The Morgan fingerprint density at radius 2 is 1.81 bits per heavy atom. The summed E-state index contributed by atoms with van der Waals surface area (Å²) in [4.78, 5) is 17.5. The molecule has 1 unspecified atom stereocenters. The van der Waals surface area contributed by atoms with Crippen molar-refractivity contribution in [3.8, 4) is 0 Å². The lowest BCUT2D eigenvalue weighted by Gasteiger charge is -2.24. The van der Waals surface area contributed by atoms with Gasteiger partial charge in [-0.05, 0) is 61.9 Å². The summed E-state index contributed by atoms with van der Waals surface area (Å²) in [7, 11) is 0. The van der Waals surface area contributed by atoms with Crippen LogP contribution in [0.25, 0.3) is 0 Å². The highest BCUT2D eigenvalue weighted by Gasteiger charge is 2.30. The van der Waals surface area contributed by atoms with Crippen LogP contribution >= 0.6 is 0 Å². The molecule has 0 radical (unpaired) electrons. The van der Waals surface area contributed by atoms with Crippen LogP contribution in [0.15, 0.2) is 54.8 Å². The number of nitrogens with zero attached hydrogens (tertiary/aromatic N) is 1. The fraction of sp³-hybridized carbons (Fsp3) is 0.211. The number of benzene rings is 2. The van der Waals surface area contributed by atoms with E-state index in [-0.39, 0.29) is 11.7 Å². The molecule has 2 N–H and O–H groups in total. The van der Waals surface area contributed by atoms with Gasteiger partial charge in [0.2, 0.25) is 0 Å². The molecular formula is C19H18F3N3O2. The van der Waals surface area contributed by atoms with Gasteiger partial charge in [-0.2, -0.15) is 13.2 Å². The Labute approximate surface area is 154 Å². The minimum Gasteiger partial charge on any atom is -0.387 e. The largest absolute Gasteiger partial charge is 0.416 e. The van der Waals surface area contributed by atoms with E-state index in [0.29, 0.717) is 5.69 Å². The van der Waals surface area contributed by atoms with Crippen molar-refractivity contribution in [3.63, 3.8) is 0 Å².